The number of rotatable bonds is 6. The van der Waals surface area contributed by atoms with Crippen LogP contribution < -0.4 is 10.2 Å². The second-order valence-corrected chi connectivity index (χ2v) is 7.68. The van der Waals surface area contributed by atoms with Crippen molar-refractivity contribution < 1.29 is 18.6 Å². The number of anilines is 2. The average molecular weight is 429 g/mol. The van der Waals surface area contributed by atoms with Gasteiger partial charge in [0.25, 0.3) is 5.92 Å². The topological polar surface area (TPSA) is 83.4 Å². The van der Waals surface area contributed by atoms with Crippen molar-refractivity contribution in [3.8, 4) is 0 Å². The molecule has 2 N–H and O–H groups in total. The lowest BCUT2D eigenvalue weighted by molar-refractivity contribution is -0.0556. The Balaban J connectivity index is 1.66. The summed E-state index contributed by atoms with van der Waals surface area (Å²) in [6.07, 6.45) is 1.83. The molecule has 0 aliphatic carbocycles. The number of aromatic nitrogens is 3. The largest absolute Gasteiger partial charge is 0.390 e. The van der Waals surface area contributed by atoms with Crippen molar-refractivity contribution in [1.29, 1.82) is 0 Å². The minimum Gasteiger partial charge on any atom is -0.390 e. The van der Waals surface area contributed by atoms with E-state index in [1.54, 1.807) is 12.1 Å². The van der Waals surface area contributed by atoms with Gasteiger partial charge in [-0.2, -0.15) is 13.9 Å². The van der Waals surface area contributed by atoms with Gasteiger partial charge in [0.15, 0.2) is 5.82 Å². The maximum Gasteiger partial charge on any atom is 0.295 e. The molecule has 0 radical (unpaired) electrons. The first-order chi connectivity index (χ1) is 14.9. The summed E-state index contributed by atoms with van der Waals surface area (Å²) in [7, 11) is 0. The lowest BCUT2D eigenvalue weighted by atomic mass is 10.0. The predicted molar refractivity (Wildman–Crippen MR) is 115 cm³/mol. The molecule has 1 atom stereocenters. The molecule has 1 aliphatic heterocycles. The summed E-state index contributed by atoms with van der Waals surface area (Å²) in [5.74, 6) is -2.75. The van der Waals surface area contributed by atoms with Gasteiger partial charge >= 0.3 is 0 Å². The SMILES string of the molecule is Cc1nnc(N[C@H](C)c2cccc(C(F)(F)CO)c2)c2cc(N3CCOCC3)cnc12. The normalized spacial score (nSPS) is 15.8. The third-order valence-corrected chi connectivity index (χ3v) is 5.51. The van der Waals surface area contributed by atoms with Crippen LogP contribution in [0.2, 0.25) is 0 Å². The van der Waals surface area contributed by atoms with Crippen LogP contribution >= 0.6 is 0 Å². The van der Waals surface area contributed by atoms with E-state index in [4.69, 9.17) is 9.84 Å². The van der Waals surface area contributed by atoms with Crippen molar-refractivity contribution in [2.24, 2.45) is 0 Å². The van der Waals surface area contributed by atoms with Crippen molar-refractivity contribution in [2.75, 3.05) is 43.1 Å². The summed E-state index contributed by atoms with van der Waals surface area (Å²) in [4.78, 5) is 6.81. The zero-order valence-corrected chi connectivity index (χ0v) is 17.5. The van der Waals surface area contributed by atoms with E-state index in [-0.39, 0.29) is 11.6 Å². The molecule has 0 spiro atoms. The monoisotopic (exact) mass is 429 g/mol. The van der Waals surface area contributed by atoms with Crippen molar-refractivity contribution in [3.05, 3.63) is 53.3 Å². The van der Waals surface area contributed by atoms with Crippen LogP contribution in [0.15, 0.2) is 36.5 Å². The molecule has 4 rings (SSSR count). The highest BCUT2D eigenvalue weighted by Gasteiger charge is 2.30. The van der Waals surface area contributed by atoms with Crippen LogP contribution in [-0.2, 0) is 10.7 Å². The van der Waals surface area contributed by atoms with Crippen LogP contribution in [-0.4, -0.2) is 53.2 Å². The van der Waals surface area contributed by atoms with Gasteiger partial charge in [0, 0.05) is 24.0 Å². The molecular weight excluding hydrogens is 404 g/mol. The summed E-state index contributed by atoms with van der Waals surface area (Å²) in [6.45, 7) is 5.40. The number of nitrogens with zero attached hydrogens (tertiary/aromatic N) is 4. The summed E-state index contributed by atoms with van der Waals surface area (Å²) in [6, 6.07) is 7.74. The van der Waals surface area contributed by atoms with Crippen molar-refractivity contribution in [2.45, 2.75) is 25.8 Å². The molecule has 0 amide bonds. The minimum absolute atomic E-state index is 0.225. The van der Waals surface area contributed by atoms with Gasteiger partial charge in [-0.3, -0.25) is 4.98 Å². The van der Waals surface area contributed by atoms with E-state index in [1.165, 1.54) is 12.1 Å². The average Bonchev–Trinajstić information content (AvgIpc) is 2.81. The van der Waals surface area contributed by atoms with E-state index in [0.717, 1.165) is 29.7 Å². The van der Waals surface area contributed by atoms with Crippen LogP contribution in [0, 0.1) is 6.92 Å². The number of aliphatic hydroxyl groups is 1. The Morgan fingerprint density at radius 1 is 1.23 bits per heavy atom. The molecule has 0 unspecified atom stereocenters. The maximum absolute atomic E-state index is 13.9. The number of aliphatic hydroxyl groups excluding tert-OH is 1. The third kappa shape index (κ3) is 4.42. The van der Waals surface area contributed by atoms with Gasteiger partial charge in [0.1, 0.15) is 6.61 Å². The van der Waals surface area contributed by atoms with Gasteiger partial charge in [-0.25, -0.2) is 0 Å². The third-order valence-electron chi connectivity index (χ3n) is 5.51. The molecule has 1 aliphatic rings. The Hall–Kier alpha value is -2.91. The Kier molecular flexibility index (Phi) is 5.97. The first-order valence-electron chi connectivity index (χ1n) is 10.2. The Morgan fingerprint density at radius 3 is 2.74 bits per heavy atom. The zero-order chi connectivity index (χ0) is 22.0. The fourth-order valence-corrected chi connectivity index (χ4v) is 3.67. The maximum atomic E-state index is 13.9. The molecule has 3 heterocycles. The number of halogens is 2. The number of alkyl halides is 2. The molecule has 7 nitrogen and oxygen atoms in total. The fourth-order valence-electron chi connectivity index (χ4n) is 3.67. The van der Waals surface area contributed by atoms with E-state index >= 15 is 0 Å². The first-order valence-corrected chi connectivity index (χ1v) is 10.2. The van der Waals surface area contributed by atoms with Gasteiger partial charge in [0.2, 0.25) is 0 Å². The van der Waals surface area contributed by atoms with Gasteiger partial charge in [-0.15, -0.1) is 5.10 Å². The van der Waals surface area contributed by atoms with Gasteiger partial charge in [-0.1, -0.05) is 18.2 Å². The fraction of sp³-hybridized carbons (Fsp3) is 0.409. The van der Waals surface area contributed by atoms with Crippen LogP contribution in [0.5, 0.6) is 0 Å². The second-order valence-electron chi connectivity index (χ2n) is 7.68. The van der Waals surface area contributed by atoms with E-state index < -0.39 is 12.5 Å². The van der Waals surface area contributed by atoms with Crippen LogP contribution in [0.25, 0.3) is 10.9 Å². The molecule has 1 saturated heterocycles. The summed E-state index contributed by atoms with van der Waals surface area (Å²) >= 11 is 0. The van der Waals surface area contributed by atoms with E-state index in [1.807, 2.05) is 26.1 Å². The lowest BCUT2D eigenvalue weighted by Crippen LogP contribution is -2.36. The lowest BCUT2D eigenvalue weighted by Gasteiger charge is -2.28. The van der Waals surface area contributed by atoms with Gasteiger partial charge in [0.05, 0.1) is 42.4 Å². The van der Waals surface area contributed by atoms with Gasteiger partial charge in [-0.05, 0) is 31.5 Å². The predicted octanol–water partition coefficient (Wildman–Crippen LogP) is 3.43. The molecule has 164 valence electrons. The molecule has 0 bridgehead atoms. The number of hydrogen-bond acceptors (Lipinski definition) is 7. The number of hydrogen-bond donors (Lipinski definition) is 2. The number of pyridine rings is 1. The standard InChI is InChI=1S/C22H25F2N5O2/c1-14(16-4-3-5-17(10-16)22(23,24)13-30)26-21-19-11-18(29-6-8-31-9-7-29)12-25-20(19)15(2)27-28-21/h3-5,10-12,14,30H,6-9,13H2,1-2H3,(H,26,28)/t14-/m1/s1. The van der Waals surface area contributed by atoms with Gasteiger partial charge < -0.3 is 20.1 Å². The Morgan fingerprint density at radius 2 is 2.00 bits per heavy atom. The number of aryl methyl sites for hydroxylation is 1. The number of fused-ring (bicyclic) bond motifs is 1. The highest BCUT2D eigenvalue weighted by Crippen LogP contribution is 2.31. The second kappa shape index (κ2) is 8.68. The summed E-state index contributed by atoms with van der Waals surface area (Å²) < 4.78 is 33.3. The first kappa shape index (κ1) is 21.3. The van der Waals surface area contributed by atoms with Crippen molar-refractivity contribution in [3.63, 3.8) is 0 Å². The number of benzene rings is 1. The molecule has 2 aromatic heterocycles. The Bertz CT molecular complexity index is 1070. The molecule has 1 aromatic carbocycles. The van der Waals surface area contributed by atoms with E-state index in [2.05, 4.69) is 25.4 Å². The van der Waals surface area contributed by atoms with Crippen LogP contribution in [0.4, 0.5) is 20.3 Å². The molecule has 3 aromatic rings. The van der Waals surface area contributed by atoms with Crippen LogP contribution in [0.1, 0.15) is 29.8 Å². The van der Waals surface area contributed by atoms with E-state index in [0.29, 0.717) is 30.3 Å². The zero-order valence-electron chi connectivity index (χ0n) is 17.5. The van der Waals surface area contributed by atoms with Crippen molar-refractivity contribution in [1.82, 2.24) is 15.2 Å². The Labute approximate surface area is 179 Å². The van der Waals surface area contributed by atoms with E-state index in [9.17, 15) is 8.78 Å². The smallest absolute Gasteiger partial charge is 0.295 e. The minimum atomic E-state index is -3.29. The highest BCUT2D eigenvalue weighted by atomic mass is 19.3. The molecule has 1 fully saturated rings. The van der Waals surface area contributed by atoms with Crippen molar-refractivity contribution >= 4 is 22.4 Å². The number of morpholine rings is 1. The molecule has 9 heteroatoms. The molecular formula is C22H25F2N5O2. The quantitative estimate of drug-likeness (QED) is 0.621. The number of nitrogens with one attached hydrogen (secondary N) is 1. The number of ether oxygens (including phenoxy) is 1. The van der Waals surface area contributed by atoms with Crippen LogP contribution in [0.3, 0.4) is 0 Å². The molecule has 0 saturated carbocycles. The molecule has 31 heavy (non-hydrogen) atoms. The highest BCUT2D eigenvalue weighted by molar-refractivity contribution is 5.92. The summed E-state index contributed by atoms with van der Waals surface area (Å²) in [5.41, 5.74) is 2.85. The summed E-state index contributed by atoms with van der Waals surface area (Å²) in [5, 5.41) is 21.6.